The van der Waals surface area contributed by atoms with E-state index in [4.69, 9.17) is 11.6 Å². The van der Waals surface area contributed by atoms with Crippen molar-refractivity contribution in [1.29, 1.82) is 0 Å². The molecule has 29 heavy (non-hydrogen) atoms. The van der Waals surface area contributed by atoms with E-state index in [1.165, 1.54) is 12.3 Å². The van der Waals surface area contributed by atoms with E-state index in [2.05, 4.69) is 26.9 Å². The first-order valence-corrected chi connectivity index (χ1v) is 11.2. The average Bonchev–Trinajstić information content (AvgIpc) is 2.66. The van der Waals surface area contributed by atoms with E-state index in [0.29, 0.717) is 23.6 Å². The number of piperazine rings is 1. The molecule has 1 aliphatic heterocycles. The lowest BCUT2D eigenvalue weighted by Gasteiger charge is -2.35. The van der Waals surface area contributed by atoms with Gasteiger partial charge in [-0.1, -0.05) is 31.2 Å². The maximum absolute atomic E-state index is 13.0. The molecule has 1 aromatic heterocycles. The topological polar surface area (TPSA) is 104 Å². The molecular formula is C19H24ClN5O3S. The molecule has 156 valence electrons. The second kappa shape index (κ2) is 9.32. The van der Waals surface area contributed by atoms with Crippen molar-refractivity contribution < 1.29 is 13.2 Å². The standard InChI is InChI=1S/C19H24ClN5O3S/c1-6-12(3)25-18(23-13(4)20)16(7-2)24-17(19(25)26)22-10-14-8-9-15(11-21-14)29(5,27)28/h7-9,11-12H,4,6,10H2,1-3,5H3,(H,22,24)/b16-7+,23-18?. The van der Waals surface area contributed by atoms with Crippen molar-refractivity contribution in [3.05, 3.63) is 47.5 Å². The van der Waals surface area contributed by atoms with Gasteiger partial charge in [0.1, 0.15) is 5.16 Å². The van der Waals surface area contributed by atoms with Gasteiger partial charge in [-0.05, 0) is 32.4 Å². The molecule has 10 heteroatoms. The minimum absolute atomic E-state index is 0.0674. The summed E-state index contributed by atoms with van der Waals surface area (Å²) >= 11 is 5.86. The monoisotopic (exact) mass is 437 g/mol. The molecule has 1 aliphatic rings. The number of rotatable bonds is 6. The number of carbonyl (C=O) groups excluding carboxylic acids is 1. The molecule has 0 saturated carbocycles. The molecule has 1 unspecified atom stereocenters. The third kappa shape index (κ3) is 5.51. The maximum Gasteiger partial charge on any atom is 0.295 e. The summed E-state index contributed by atoms with van der Waals surface area (Å²) < 4.78 is 23.1. The molecule has 1 atom stereocenters. The summed E-state index contributed by atoms with van der Waals surface area (Å²) in [6.07, 6.45) is 4.87. The van der Waals surface area contributed by atoms with Crippen molar-refractivity contribution in [2.75, 3.05) is 6.26 Å². The minimum atomic E-state index is -3.32. The summed E-state index contributed by atoms with van der Waals surface area (Å²) in [7, 11) is -3.32. The number of hydrogen-bond acceptors (Lipinski definition) is 6. The van der Waals surface area contributed by atoms with E-state index in [1.807, 2.05) is 20.8 Å². The molecule has 1 N–H and O–H groups in total. The van der Waals surface area contributed by atoms with Gasteiger partial charge in [0, 0.05) is 18.5 Å². The summed E-state index contributed by atoms with van der Waals surface area (Å²) in [6, 6.07) is 2.90. The number of aliphatic imine (C=N–C) groups is 2. The number of amidine groups is 2. The molecule has 0 radical (unpaired) electrons. The van der Waals surface area contributed by atoms with E-state index in [9.17, 15) is 13.2 Å². The zero-order valence-corrected chi connectivity index (χ0v) is 18.4. The number of carbonyl (C=O) groups is 1. The fraction of sp³-hybridized carbons (Fsp3) is 0.368. The molecule has 0 spiro atoms. The van der Waals surface area contributed by atoms with Crippen molar-refractivity contribution >= 4 is 39.0 Å². The summed E-state index contributed by atoms with van der Waals surface area (Å²) in [5.74, 6) is 0.197. The van der Waals surface area contributed by atoms with Crippen LogP contribution in [0.3, 0.4) is 0 Å². The molecule has 0 bridgehead atoms. The second-order valence-electron chi connectivity index (χ2n) is 6.49. The van der Waals surface area contributed by atoms with E-state index >= 15 is 0 Å². The number of nitrogens with one attached hydrogen (secondary N) is 1. The minimum Gasteiger partial charge on any atom is -0.333 e. The maximum atomic E-state index is 13.0. The van der Waals surface area contributed by atoms with Gasteiger partial charge in [0.15, 0.2) is 21.5 Å². The van der Waals surface area contributed by atoms with Crippen LogP contribution in [-0.2, 0) is 21.2 Å². The van der Waals surface area contributed by atoms with Crippen LogP contribution in [0.4, 0.5) is 0 Å². The van der Waals surface area contributed by atoms with Crippen molar-refractivity contribution in [2.24, 2.45) is 9.98 Å². The number of aromatic nitrogens is 1. The van der Waals surface area contributed by atoms with Crippen LogP contribution in [0.2, 0.25) is 0 Å². The SMILES string of the molecule is C=C(Cl)N=C1/C(=C\C)NC(=NCc2ccc(S(C)(=O)=O)cn2)C(=O)N1C(C)CC. The molecular weight excluding hydrogens is 414 g/mol. The number of allylic oxidation sites excluding steroid dienone is 1. The third-order valence-corrected chi connectivity index (χ3v) is 5.50. The zero-order chi connectivity index (χ0) is 21.8. The van der Waals surface area contributed by atoms with Crippen molar-refractivity contribution in [3.8, 4) is 0 Å². The van der Waals surface area contributed by atoms with Crippen LogP contribution in [0.5, 0.6) is 0 Å². The number of hydrogen-bond donors (Lipinski definition) is 1. The molecule has 1 fully saturated rings. The van der Waals surface area contributed by atoms with Crippen molar-refractivity contribution in [1.82, 2.24) is 15.2 Å². The normalized spacial score (nSPS) is 20.2. The Morgan fingerprint density at radius 1 is 1.45 bits per heavy atom. The highest BCUT2D eigenvalue weighted by molar-refractivity contribution is 7.90. The van der Waals surface area contributed by atoms with Gasteiger partial charge in [-0.25, -0.2) is 13.4 Å². The predicted molar refractivity (Wildman–Crippen MR) is 114 cm³/mol. The number of nitrogens with zero attached hydrogens (tertiary/aromatic N) is 4. The highest BCUT2D eigenvalue weighted by Gasteiger charge is 2.35. The summed E-state index contributed by atoms with van der Waals surface area (Å²) in [4.78, 5) is 27.4. The second-order valence-corrected chi connectivity index (χ2v) is 8.95. The summed E-state index contributed by atoms with van der Waals surface area (Å²) in [5.41, 5.74) is 1.12. The highest BCUT2D eigenvalue weighted by atomic mass is 35.5. The Kier molecular flexibility index (Phi) is 7.32. The number of pyridine rings is 1. The van der Waals surface area contributed by atoms with Gasteiger partial charge in [-0.2, -0.15) is 0 Å². The van der Waals surface area contributed by atoms with Gasteiger partial charge in [-0.15, -0.1) is 0 Å². The quantitative estimate of drug-likeness (QED) is 0.689. The Bertz CT molecular complexity index is 997. The summed E-state index contributed by atoms with van der Waals surface area (Å²) in [5, 5.41) is 3.06. The molecule has 1 saturated heterocycles. The molecule has 2 heterocycles. The van der Waals surface area contributed by atoms with E-state index in [-0.39, 0.29) is 34.4 Å². The van der Waals surface area contributed by atoms with Crippen molar-refractivity contribution in [3.63, 3.8) is 0 Å². The Hall–Kier alpha value is -2.52. The lowest BCUT2D eigenvalue weighted by Crippen LogP contribution is -2.57. The number of sulfone groups is 1. The molecule has 0 aliphatic carbocycles. The van der Waals surface area contributed by atoms with E-state index < -0.39 is 9.84 Å². The van der Waals surface area contributed by atoms with Crippen LogP contribution in [-0.4, -0.2) is 48.2 Å². The number of amides is 1. The van der Waals surface area contributed by atoms with Crippen LogP contribution in [0.25, 0.3) is 0 Å². The Balaban J connectivity index is 2.36. The smallest absolute Gasteiger partial charge is 0.295 e. The van der Waals surface area contributed by atoms with Crippen LogP contribution >= 0.6 is 11.6 Å². The summed E-state index contributed by atoms with van der Waals surface area (Å²) in [6.45, 7) is 9.38. The van der Waals surface area contributed by atoms with Gasteiger partial charge < -0.3 is 5.32 Å². The van der Waals surface area contributed by atoms with Crippen molar-refractivity contribution in [2.45, 2.75) is 44.7 Å². The lowest BCUT2D eigenvalue weighted by molar-refractivity contribution is -0.122. The third-order valence-electron chi connectivity index (χ3n) is 4.32. The van der Waals surface area contributed by atoms with Gasteiger partial charge in [0.05, 0.1) is 22.8 Å². The molecule has 1 amide bonds. The van der Waals surface area contributed by atoms with Crippen LogP contribution in [0, 0.1) is 0 Å². The zero-order valence-electron chi connectivity index (χ0n) is 16.8. The highest BCUT2D eigenvalue weighted by Crippen LogP contribution is 2.18. The lowest BCUT2D eigenvalue weighted by atomic mass is 10.1. The fourth-order valence-electron chi connectivity index (χ4n) is 2.59. The van der Waals surface area contributed by atoms with Gasteiger partial charge >= 0.3 is 0 Å². The van der Waals surface area contributed by atoms with Crippen LogP contribution in [0.15, 0.2) is 56.7 Å². The Labute approximate surface area is 176 Å². The van der Waals surface area contributed by atoms with Gasteiger partial charge in [0.2, 0.25) is 0 Å². The van der Waals surface area contributed by atoms with Gasteiger partial charge in [0.25, 0.3) is 5.91 Å². The Morgan fingerprint density at radius 3 is 2.62 bits per heavy atom. The Morgan fingerprint density at radius 2 is 2.14 bits per heavy atom. The van der Waals surface area contributed by atoms with E-state index in [1.54, 1.807) is 17.0 Å². The van der Waals surface area contributed by atoms with Gasteiger partial charge in [-0.3, -0.25) is 19.7 Å². The average molecular weight is 438 g/mol. The largest absolute Gasteiger partial charge is 0.333 e. The first-order chi connectivity index (χ1) is 13.6. The van der Waals surface area contributed by atoms with E-state index in [0.717, 1.165) is 6.26 Å². The van der Waals surface area contributed by atoms with Crippen LogP contribution in [0.1, 0.15) is 32.9 Å². The first-order valence-electron chi connectivity index (χ1n) is 8.98. The molecule has 2 rings (SSSR count). The predicted octanol–water partition coefficient (Wildman–Crippen LogP) is 2.63. The number of halogens is 1. The molecule has 1 aromatic rings. The van der Waals surface area contributed by atoms with Crippen LogP contribution < -0.4 is 5.32 Å². The molecule has 8 nitrogen and oxygen atoms in total. The fourth-order valence-corrected chi connectivity index (χ4v) is 3.23. The molecule has 0 aromatic carbocycles. The first kappa shape index (κ1) is 22.8.